The van der Waals surface area contributed by atoms with Gasteiger partial charge in [-0.2, -0.15) is 0 Å². The summed E-state index contributed by atoms with van der Waals surface area (Å²) in [6.45, 7) is 6.93. The molecule has 0 spiro atoms. The fourth-order valence-electron chi connectivity index (χ4n) is 15.7. The van der Waals surface area contributed by atoms with Gasteiger partial charge in [0.25, 0.3) is 0 Å². The van der Waals surface area contributed by atoms with Crippen LogP contribution in [0.15, 0.2) is 307 Å². The van der Waals surface area contributed by atoms with Crippen molar-refractivity contribution in [1.29, 1.82) is 0 Å². The van der Waals surface area contributed by atoms with Gasteiger partial charge in [-0.15, -0.1) is 5.46 Å². The van der Waals surface area contributed by atoms with E-state index in [1.54, 1.807) is 0 Å². The second kappa shape index (κ2) is 23.8. The molecule has 0 amide bonds. The van der Waals surface area contributed by atoms with Crippen LogP contribution in [0.3, 0.4) is 0 Å². The summed E-state index contributed by atoms with van der Waals surface area (Å²) in [7, 11) is 9.37. The van der Waals surface area contributed by atoms with E-state index in [9.17, 15) is 0 Å². The average molecular weight is 1240 g/mol. The Hall–Kier alpha value is -10.4. The minimum atomic E-state index is -0.101. The molecule has 1 aromatic heterocycles. The van der Waals surface area contributed by atoms with Crippen molar-refractivity contribution in [3.8, 4) is 72.4 Å². The standard InChI is InChI=1S/C88H69B5N2S/c1-88(2,3)68-39-42-75-72(51-68)80-81(89)82(90)83(91)84(92)87(80)94(75)69-52-77-85-79(53-69)96-78-50-61(67-47-64(56-27-14-6-15-28-56)44-65(48-67)57-29-16-7-17-30-57)38-41-74(78)93(85)73-40-37-60(66-45-62(54-23-10-4-11-24-54)43-63(46-66)55-25-12-5-13-26-55)49-76(73)95(77)86-70(58-31-18-8-19-32-58)35-22-36-71(86)59-33-20-9-21-34-59/h4-21,23-35,37-53H,22,36,89-92H2,1-3H3. The zero-order valence-corrected chi connectivity index (χ0v) is 56.3. The maximum Gasteiger partial charge on any atom is 0.249 e. The first-order chi connectivity index (χ1) is 46.9. The fraction of sp³-hybridized carbons (Fsp3) is 0.0682. The molecule has 0 bridgehead atoms. The fourth-order valence-corrected chi connectivity index (χ4v) is 16.9. The van der Waals surface area contributed by atoms with Crippen molar-refractivity contribution in [2.24, 2.45) is 0 Å². The van der Waals surface area contributed by atoms with Crippen LogP contribution in [0.25, 0.3) is 105 Å². The van der Waals surface area contributed by atoms with Crippen LogP contribution >= 0.6 is 11.8 Å². The van der Waals surface area contributed by atoms with Crippen LogP contribution in [0.1, 0.15) is 50.3 Å². The van der Waals surface area contributed by atoms with E-state index in [2.05, 4.69) is 353 Å². The van der Waals surface area contributed by atoms with Gasteiger partial charge in [0, 0.05) is 48.7 Å². The first-order valence-electron chi connectivity index (χ1n) is 34.0. The Labute approximate surface area is 572 Å². The molecule has 96 heavy (non-hydrogen) atoms. The minimum Gasteiger partial charge on any atom is -0.310 e. The monoisotopic (exact) mass is 1240 g/mol. The number of benzene rings is 13. The molecule has 14 aromatic rings. The Morgan fingerprint density at radius 1 is 0.385 bits per heavy atom. The van der Waals surface area contributed by atoms with Gasteiger partial charge < -0.3 is 9.47 Å². The largest absolute Gasteiger partial charge is 0.310 e. The first-order valence-corrected chi connectivity index (χ1v) is 34.8. The molecule has 3 aliphatic rings. The smallest absolute Gasteiger partial charge is 0.249 e. The summed E-state index contributed by atoms with van der Waals surface area (Å²) < 4.78 is 2.65. The van der Waals surface area contributed by atoms with E-state index in [0.717, 1.165) is 18.5 Å². The number of rotatable bonds is 10. The highest BCUT2D eigenvalue weighted by Gasteiger charge is 2.44. The molecule has 3 heterocycles. The van der Waals surface area contributed by atoms with E-state index in [-0.39, 0.29) is 12.1 Å². The Bertz CT molecular complexity index is 5390. The van der Waals surface area contributed by atoms with Crippen molar-refractivity contribution < 1.29 is 0 Å². The molecule has 0 saturated heterocycles. The molecule has 0 fully saturated rings. The van der Waals surface area contributed by atoms with Gasteiger partial charge in [0.15, 0.2) is 0 Å². The molecule has 1 aliphatic carbocycles. The lowest BCUT2D eigenvalue weighted by atomic mass is 9.34. The molecule has 0 saturated carbocycles. The third kappa shape index (κ3) is 10.2. The highest BCUT2D eigenvalue weighted by Crippen LogP contribution is 2.50. The van der Waals surface area contributed by atoms with E-state index >= 15 is 0 Å². The Kier molecular flexibility index (Phi) is 14.7. The molecule has 17 rings (SSSR count). The van der Waals surface area contributed by atoms with Gasteiger partial charge in [-0.1, -0.05) is 273 Å². The van der Waals surface area contributed by atoms with Crippen LogP contribution in [-0.4, -0.2) is 42.7 Å². The van der Waals surface area contributed by atoms with Crippen molar-refractivity contribution in [2.45, 2.75) is 48.8 Å². The zero-order chi connectivity index (χ0) is 64.9. The molecular formula is C88H69B5N2S. The number of hydrogen-bond acceptors (Lipinski definition) is 2. The van der Waals surface area contributed by atoms with Crippen molar-refractivity contribution in [2.75, 3.05) is 4.90 Å². The van der Waals surface area contributed by atoms with Crippen molar-refractivity contribution >= 4 is 132 Å². The lowest BCUT2D eigenvalue weighted by Gasteiger charge is -2.43. The van der Waals surface area contributed by atoms with Crippen molar-refractivity contribution in [1.82, 2.24) is 4.57 Å². The number of hydrogen-bond donors (Lipinski definition) is 0. The van der Waals surface area contributed by atoms with Gasteiger partial charge in [-0.3, -0.25) is 0 Å². The molecule has 13 aromatic carbocycles. The Morgan fingerprint density at radius 2 is 0.854 bits per heavy atom. The predicted octanol–water partition coefficient (Wildman–Crippen LogP) is 14.8. The third-order valence-corrected chi connectivity index (χ3v) is 22.1. The van der Waals surface area contributed by atoms with Gasteiger partial charge in [0.05, 0.1) is 11.2 Å². The van der Waals surface area contributed by atoms with Crippen LogP contribution < -0.4 is 43.1 Å². The number of nitrogens with zero attached hydrogens (tertiary/aromatic N) is 2. The molecule has 2 aliphatic heterocycles. The lowest BCUT2D eigenvalue weighted by molar-refractivity contribution is 0.591. The summed E-state index contributed by atoms with van der Waals surface area (Å²) in [4.78, 5) is 5.29. The van der Waals surface area contributed by atoms with Crippen molar-refractivity contribution in [3.05, 3.63) is 314 Å². The van der Waals surface area contributed by atoms with E-state index in [0.29, 0.717) is 0 Å². The minimum absolute atomic E-state index is 0.0436. The second-order valence-corrected chi connectivity index (χ2v) is 28.7. The second-order valence-electron chi connectivity index (χ2n) is 27.6. The number of anilines is 2. The van der Waals surface area contributed by atoms with Gasteiger partial charge in [0.1, 0.15) is 31.4 Å². The third-order valence-electron chi connectivity index (χ3n) is 20.9. The maximum atomic E-state index is 2.75. The zero-order valence-electron chi connectivity index (χ0n) is 55.5. The lowest BCUT2D eigenvalue weighted by Crippen LogP contribution is -2.60. The molecular weight excluding hydrogens is 1170 g/mol. The number of aromatic nitrogens is 1. The summed E-state index contributed by atoms with van der Waals surface area (Å²) >= 11 is 1.95. The van der Waals surface area contributed by atoms with Crippen LogP contribution in [0, 0.1) is 0 Å². The first kappa shape index (κ1) is 59.4. The van der Waals surface area contributed by atoms with E-state index < -0.39 is 0 Å². The normalized spacial score (nSPS) is 13.4. The summed E-state index contributed by atoms with van der Waals surface area (Å²) in [5, 5.41) is 2.64. The summed E-state index contributed by atoms with van der Waals surface area (Å²) in [5.74, 6) is 0. The Balaban J connectivity index is 0.982. The topological polar surface area (TPSA) is 8.17 Å². The molecule has 452 valence electrons. The molecule has 0 N–H and O–H groups in total. The highest BCUT2D eigenvalue weighted by molar-refractivity contribution is 8.00. The van der Waals surface area contributed by atoms with Gasteiger partial charge in [-0.05, 0) is 191 Å². The van der Waals surface area contributed by atoms with E-state index in [4.69, 9.17) is 0 Å². The summed E-state index contributed by atoms with van der Waals surface area (Å²) in [6, 6.07) is 108. The van der Waals surface area contributed by atoms with Crippen LogP contribution in [0.4, 0.5) is 11.4 Å². The summed E-state index contributed by atoms with van der Waals surface area (Å²) in [5.41, 5.74) is 37.2. The van der Waals surface area contributed by atoms with Crippen molar-refractivity contribution in [3.63, 3.8) is 0 Å². The molecule has 8 heteroatoms. The van der Waals surface area contributed by atoms with Gasteiger partial charge in [0.2, 0.25) is 6.71 Å². The average Bonchev–Trinajstić information content (AvgIpc) is 0.937. The summed E-state index contributed by atoms with van der Waals surface area (Å²) in [6.07, 6.45) is 4.34. The van der Waals surface area contributed by atoms with E-state index in [1.807, 2.05) is 11.8 Å². The number of fused-ring (bicyclic) bond motifs is 7. The molecule has 0 radical (unpaired) electrons. The molecule has 0 atom stereocenters. The SMILES string of the molecule is Bc1c(B)c(B)c2c(c1B)c1cc(C(C)(C)C)ccc1n2-c1cc2c3c(c1)N(C1=C(c4ccccc4)CCC=C1c1ccccc1)c1cc(-c4cc(-c5ccccc5)cc(-c5ccccc5)c4)ccc1B3c1ccc(-c3cc(-c4ccccc4)cc(-c4ccccc4)c3)cc1S2. The molecule has 2 nitrogen and oxygen atoms in total. The Morgan fingerprint density at radius 3 is 1.38 bits per heavy atom. The van der Waals surface area contributed by atoms with Crippen LogP contribution in [-0.2, 0) is 5.41 Å². The van der Waals surface area contributed by atoms with Crippen LogP contribution in [0.5, 0.6) is 0 Å². The highest BCUT2D eigenvalue weighted by atomic mass is 32.2. The van der Waals surface area contributed by atoms with E-state index in [1.165, 1.54) is 182 Å². The quantitative estimate of drug-likeness (QED) is 0.126. The molecule has 0 unspecified atom stereocenters. The van der Waals surface area contributed by atoms with Gasteiger partial charge >= 0.3 is 0 Å². The predicted molar refractivity (Wildman–Crippen MR) is 426 cm³/mol. The maximum absolute atomic E-state index is 2.75. The number of allylic oxidation sites excluding steroid dienone is 3. The van der Waals surface area contributed by atoms with Crippen LogP contribution in [0.2, 0.25) is 0 Å². The van der Waals surface area contributed by atoms with Gasteiger partial charge in [-0.25, -0.2) is 0 Å².